The van der Waals surface area contributed by atoms with Gasteiger partial charge in [-0.25, -0.2) is 0 Å². The lowest BCUT2D eigenvalue weighted by atomic mass is 10.1. The predicted molar refractivity (Wildman–Crippen MR) is 80.0 cm³/mol. The number of rotatable bonds is 6. The van der Waals surface area contributed by atoms with Gasteiger partial charge in [0, 0.05) is 6.42 Å². The maximum absolute atomic E-state index is 12.5. The number of halogens is 3. The van der Waals surface area contributed by atoms with Crippen LogP contribution in [0.15, 0.2) is 48.5 Å². The second-order valence-electron chi connectivity index (χ2n) is 5.05. The van der Waals surface area contributed by atoms with Crippen molar-refractivity contribution in [2.45, 2.75) is 19.2 Å². The molecule has 0 aliphatic carbocycles. The number of Topliss-reactive ketones (excluding diaryl/α,β-unsaturated/α-hetero) is 1. The van der Waals surface area contributed by atoms with Gasteiger partial charge < -0.3 is 10.5 Å². The van der Waals surface area contributed by atoms with Crippen LogP contribution in [0.4, 0.5) is 13.2 Å². The molecule has 0 aromatic heterocycles. The van der Waals surface area contributed by atoms with E-state index in [1.807, 2.05) is 0 Å². The van der Waals surface area contributed by atoms with E-state index in [-0.39, 0.29) is 25.4 Å². The Balaban J connectivity index is 1.92. The second kappa shape index (κ2) is 7.28. The van der Waals surface area contributed by atoms with Crippen molar-refractivity contribution in [2.75, 3.05) is 6.54 Å². The van der Waals surface area contributed by atoms with E-state index >= 15 is 0 Å². The Bertz CT molecular complexity index is 649. The molecule has 6 heteroatoms. The lowest BCUT2D eigenvalue weighted by Gasteiger charge is -2.09. The van der Waals surface area contributed by atoms with Crippen LogP contribution < -0.4 is 10.5 Å². The summed E-state index contributed by atoms with van der Waals surface area (Å²) in [4.78, 5) is 11.2. The van der Waals surface area contributed by atoms with Gasteiger partial charge in [-0.1, -0.05) is 24.3 Å². The Labute approximate surface area is 131 Å². The van der Waals surface area contributed by atoms with Crippen LogP contribution >= 0.6 is 0 Å². The van der Waals surface area contributed by atoms with Crippen LogP contribution in [0.1, 0.15) is 16.7 Å². The van der Waals surface area contributed by atoms with Crippen LogP contribution in [0.5, 0.6) is 5.75 Å². The summed E-state index contributed by atoms with van der Waals surface area (Å²) >= 11 is 0. The van der Waals surface area contributed by atoms with E-state index in [0.717, 1.165) is 17.7 Å². The minimum atomic E-state index is -4.34. The van der Waals surface area contributed by atoms with Crippen LogP contribution in [0, 0.1) is 0 Å². The zero-order valence-corrected chi connectivity index (χ0v) is 12.3. The molecule has 0 radical (unpaired) electrons. The third-order valence-electron chi connectivity index (χ3n) is 3.24. The van der Waals surface area contributed by atoms with Gasteiger partial charge in [0.15, 0.2) is 5.78 Å². The number of alkyl halides is 3. The predicted octanol–water partition coefficient (Wildman–Crippen LogP) is 3.35. The van der Waals surface area contributed by atoms with Gasteiger partial charge in [0.1, 0.15) is 12.4 Å². The lowest BCUT2D eigenvalue weighted by molar-refractivity contribution is -0.137. The summed E-state index contributed by atoms with van der Waals surface area (Å²) in [6.45, 7) is 0.172. The number of nitrogens with two attached hydrogens (primary N) is 1. The van der Waals surface area contributed by atoms with Crippen molar-refractivity contribution in [2.24, 2.45) is 5.73 Å². The summed E-state index contributed by atoms with van der Waals surface area (Å²) in [7, 11) is 0. The highest BCUT2D eigenvalue weighted by Gasteiger charge is 2.29. The first kappa shape index (κ1) is 17.0. The number of carbonyl (C=O) groups is 1. The van der Waals surface area contributed by atoms with Gasteiger partial charge in [0.25, 0.3) is 0 Å². The molecule has 2 aromatic rings. The fraction of sp³-hybridized carbons (Fsp3) is 0.235. The summed E-state index contributed by atoms with van der Waals surface area (Å²) in [6.07, 6.45) is -4.06. The van der Waals surface area contributed by atoms with Crippen molar-refractivity contribution in [3.8, 4) is 5.75 Å². The molecule has 122 valence electrons. The van der Waals surface area contributed by atoms with E-state index in [2.05, 4.69) is 0 Å². The molecule has 23 heavy (non-hydrogen) atoms. The summed E-state index contributed by atoms with van der Waals surface area (Å²) in [5.41, 5.74) is 6.04. The molecule has 0 aliphatic heterocycles. The van der Waals surface area contributed by atoms with Crippen LogP contribution in [-0.2, 0) is 24.0 Å². The first-order chi connectivity index (χ1) is 10.9. The Morgan fingerprint density at radius 3 is 2.04 bits per heavy atom. The fourth-order valence-corrected chi connectivity index (χ4v) is 1.96. The monoisotopic (exact) mass is 323 g/mol. The molecule has 0 atom stereocenters. The van der Waals surface area contributed by atoms with Crippen LogP contribution in [-0.4, -0.2) is 12.3 Å². The van der Waals surface area contributed by atoms with Crippen molar-refractivity contribution in [1.82, 2.24) is 0 Å². The summed E-state index contributed by atoms with van der Waals surface area (Å²) in [5.74, 6) is 0.525. The average molecular weight is 323 g/mol. The van der Waals surface area contributed by atoms with Crippen molar-refractivity contribution in [1.29, 1.82) is 0 Å². The number of hydrogen-bond acceptors (Lipinski definition) is 3. The van der Waals surface area contributed by atoms with Crippen molar-refractivity contribution >= 4 is 5.78 Å². The van der Waals surface area contributed by atoms with Gasteiger partial charge in [0.2, 0.25) is 0 Å². The molecule has 0 bridgehead atoms. The average Bonchev–Trinajstić information content (AvgIpc) is 2.53. The normalized spacial score (nSPS) is 11.3. The fourth-order valence-electron chi connectivity index (χ4n) is 1.96. The molecule has 0 spiro atoms. The van der Waals surface area contributed by atoms with E-state index in [4.69, 9.17) is 10.5 Å². The first-order valence-corrected chi connectivity index (χ1v) is 6.98. The zero-order valence-electron chi connectivity index (χ0n) is 12.3. The Morgan fingerprint density at radius 2 is 1.52 bits per heavy atom. The molecule has 0 heterocycles. The molecule has 0 aliphatic rings. The molecular weight excluding hydrogens is 307 g/mol. The summed E-state index contributed by atoms with van der Waals surface area (Å²) < 4.78 is 42.9. The topological polar surface area (TPSA) is 52.3 Å². The Morgan fingerprint density at radius 1 is 0.957 bits per heavy atom. The summed E-state index contributed by atoms with van der Waals surface area (Å²) in [5, 5.41) is 0. The highest BCUT2D eigenvalue weighted by atomic mass is 19.4. The van der Waals surface area contributed by atoms with E-state index in [1.54, 1.807) is 24.3 Å². The molecule has 2 N–H and O–H groups in total. The quantitative estimate of drug-likeness (QED) is 0.887. The van der Waals surface area contributed by atoms with Gasteiger partial charge in [-0.2, -0.15) is 13.2 Å². The molecule has 2 aromatic carbocycles. The number of ketones is 1. The first-order valence-electron chi connectivity index (χ1n) is 6.98. The summed E-state index contributed by atoms with van der Waals surface area (Å²) in [6, 6.07) is 11.8. The molecule has 0 amide bonds. The number of hydrogen-bond donors (Lipinski definition) is 1. The molecular formula is C17H16F3NO2. The van der Waals surface area contributed by atoms with Crippen LogP contribution in [0.3, 0.4) is 0 Å². The second-order valence-corrected chi connectivity index (χ2v) is 5.05. The Hall–Kier alpha value is -2.34. The molecule has 0 saturated carbocycles. The van der Waals surface area contributed by atoms with Crippen molar-refractivity contribution in [3.05, 3.63) is 65.2 Å². The minimum Gasteiger partial charge on any atom is -0.489 e. The maximum atomic E-state index is 12.5. The zero-order chi connectivity index (χ0) is 16.9. The SMILES string of the molecule is NCC(=O)Cc1ccc(OCc2ccc(C(F)(F)F)cc2)cc1. The van der Waals surface area contributed by atoms with Gasteiger partial charge in [0.05, 0.1) is 12.1 Å². The highest BCUT2D eigenvalue weighted by molar-refractivity contribution is 5.82. The number of ether oxygens (including phenoxy) is 1. The van der Waals surface area contributed by atoms with E-state index in [1.165, 1.54) is 12.1 Å². The molecule has 0 unspecified atom stereocenters. The van der Waals surface area contributed by atoms with Crippen molar-refractivity contribution in [3.63, 3.8) is 0 Å². The molecule has 0 saturated heterocycles. The standard InChI is InChI=1S/C17H16F3NO2/c18-17(19,20)14-5-1-13(2-6-14)11-23-16-7-3-12(4-8-16)9-15(22)10-21/h1-8H,9-11,21H2. The van der Waals surface area contributed by atoms with Gasteiger partial charge in [-0.15, -0.1) is 0 Å². The van der Waals surface area contributed by atoms with Crippen LogP contribution in [0.25, 0.3) is 0 Å². The largest absolute Gasteiger partial charge is 0.489 e. The third-order valence-corrected chi connectivity index (χ3v) is 3.24. The van der Waals surface area contributed by atoms with Gasteiger partial charge in [-0.3, -0.25) is 4.79 Å². The van der Waals surface area contributed by atoms with E-state index in [9.17, 15) is 18.0 Å². The highest BCUT2D eigenvalue weighted by Crippen LogP contribution is 2.29. The molecule has 3 nitrogen and oxygen atoms in total. The maximum Gasteiger partial charge on any atom is 0.416 e. The van der Waals surface area contributed by atoms with Gasteiger partial charge in [-0.05, 0) is 35.4 Å². The number of carbonyl (C=O) groups excluding carboxylic acids is 1. The van der Waals surface area contributed by atoms with Gasteiger partial charge >= 0.3 is 6.18 Å². The Kier molecular flexibility index (Phi) is 5.39. The smallest absolute Gasteiger partial charge is 0.416 e. The lowest BCUT2D eigenvalue weighted by Crippen LogP contribution is -2.15. The van der Waals surface area contributed by atoms with Crippen molar-refractivity contribution < 1.29 is 22.7 Å². The van der Waals surface area contributed by atoms with Crippen LogP contribution in [0.2, 0.25) is 0 Å². The number of benzene rings is 2. The van der Waals surface area contributed by atoms with E-state index < -0.39 is 11.7 Å². The molecule has 0 fully saturated rings. The van der Waals surface area contributed by atoms with E-state index in [0.29, 0.717) is 11.3 Å². The molecule has 2 rings (SSSR count). The third kappa shape index (κ3) is 5.10. The minimum absolute atomic E-state index is 0.00612.